The minimum absolute atomic E-state index is 0.292. The van der Waals surface area contributed by atoms with E-state index in [0.29, 0.717) is 5.75 Å². The molecule has 0 unspecified atom stereocenters. The Labute approximate surface area is 188 Å². The Morgan fingerprint density at radius 2 is 1.73 bits per heavy atom. The summed E-state index contributed by atoms with van der Waals surface area (Å²) in [6, 6.07) is 18.5. The van der Waals surface area contributed by atoms with Gasteiger partial charge in [-0.3, -0.25) is 15.1 Å². The van der Waals surface area contributed by atoms with Gasteiger partial charge in [0.2, 0.25) is 0 Å². The first-order chi connectivity index (χ1) is 16.2. The van der Waals surface area contributed by atoms with Crippen molar-refractivity contribution in [2.45, 2.75) is 0 Å². The van der Waals surface area contributed by atoms with E-state index in [2.05, 4.69) is 31.2 Å². The second-order valence-electron chi connectivity index (χ2n) is 7.76. The molecule has 4 heterocycles. The molecule has 0 spiro atoms. The van der Waals surface area contributed by atoms with Crippen LogP contribution in [0.3, 0.4) is 0 Å². The third kappa shape index (κ3) is 3.30. The molecule has 6 nitrogen and oxygen atoms in total. The number of halogens is 1. The van der Waals surface area contributed by atoms with Crippen LogP contribution in [-0.2, 0) is 0 Å². The van der Waals surface area contributed by atoms with Gasteiger partial charge in [0.15, 0.2) is 0 Å². The van der Waals surface area contributed by atoms with E-state index in [1.54, 1.807) is 25.6 Å². The molecule has 33 heavy (non-hydrogen) atoms. The molecule has 7 heteroatoms. The van der Waals surface area contributed by atoms with Crippen molar-refractivity contribution in [3.63, 3.8) is 0 Å². The number of fused-ring (bicyclic) bond motifs is 2. The lowest BCUT2D eigenvalue weighted by Crippen LogP contribution is -1.86. The molecule has 6 aromatic rings. The normalized spacial score (nSPS) is 11.3. The first-order valence-corrected chi connectivity index (χ1v) is 10.4. The summed E-state index contributed by atoms with van der Waals surface area (Å²) in [5.74, 6) is 0.410. The van der Waals surface area contributed by atoms with Crippen molar-refractivity contribution in [2.75, 3.05) is 7.11 Å². The van der Waals surface area contributed by atoms with Gasteiger partial charge >= 0.3 is 0 Å². The predicted octanol–water partition coefficient (Wildman–Crippen LogP) is 5.98. The third-order valence-corrected chi connectivity index (χ3v) is 5.75. The number of methoxy groups -OCH3 is 1. The highest BCUT2D eigenvalue weighted by atomic mass is 19.1. The molecule has 0 aliphatic rings. The van der Waals surface area contributed by atoms with Crippen LogP contribution >= 0.6 is 0 Å². The van der Waals surface area contributed by atoms with Gasteiger partial charge in [0.25, 0.3) is 0 Å². The van der Waals surface area contributed by atoms with E-state index in [1.165, 1.54) is 12.1 Å². The van der Waals surface area contributed by atoms with Crippen LogP contribution in [-0.4, -0.2) is 32.3 Å². The molecule has 0 aliphatic heterocycles. The zero-order chi connectivity index (χ0) is 22.4. The number of hydrogen-bond acceptors (Lipinski definition) is 4. The zero-order valence-electron chi connectivity index (χ0n) is 17.6. The number of ether oxygens (including phenoxy) is 1. The van der Waals surface area contributed by atoms with Gasteiger partial charge in [0.05, 0.1) is 30.2 Å². The first-order valence-electron chi connectivity index (χ1n) is 10.4. The number of benzene rings is 2. The van der Waals surface area contributed by atoms with Gasteiger partial charge in [0, 0.05) is 39.8 Å². The summed E-state index contributed by atoms with van der Waals surface area (Å²) in [6.07, 6.45) is 5.21. The van der Waals surface area contributed by atoms with Gasteiger partial charge in [-0.25, -0.2) is 4.39 Å². The molecule has 0 fully saturated rings. The second kappa shape index (κ2) is 7.56. The van der Waals surface area contributed by atoms with Crippen molar-refractivity contribution in [1.29, 1.82) is 0 Å². The summed E-state index contributed by atoms with van der Waals surface area (Å²) in [5.41, 5.74) is 6.89. The number of aromatic nitrogens is 5. The summed E-state index contributed by atoms with van der Waals surface area (Å²) in [7, 11) is 1.63. The van der Waals surface area contributed by atoms with Crippen molar-refractivity contribution in [2.24, 2.45) is 0 Å². The van der Waals surface area contributed by atoms with Gasteiger partial charge < -0.3 is 9.72 Å². The highest BCUT2D eigenvalue weighted by molar-refractivity contribution is 6.00. The average molecular weight is 435 g/mol. The lowest BCUT2D eigenvalue weighted by molar-refractivity contribution is 0.413. The Balaban J connectivity index is 1.49. The molecule has 0 aliphatic carbocycles. The number of aromatic amines is 2. The van der Waals surface area contributed by atoms with Gasteiger partial charge in [0.1, 0.15) is 17.3 Å². The molecule has 6 rings (SSSR count). The number of hydrogen-bond donors (Lipinski definition) is 2. The van der Waals surface area contributed by atoms with Crippen molar-refractivity contribution < 1.29 is 9.13 Å². The lowest BCUT2D eigenvalue weighted by atomic mass is 10.0. The molecule has 2 N–H and O–H groups in total. The molecule has 0 radical (unpaired) electrons. The summed E-state index contributed by atoms with van der Waals surface area (Å²) in [4.78, 5) is 12.2. The minimum Gasteiger partial charge on any atom is -0.495 e. The Hall–Kier alpha value is -4.52. The molecule has 0 saturated heterocycles. The first kappa shape index (κ1) is 19.2. The van der Waals surface area contributed by atoms with E-state index in [9.17, 15) is 4.39 Å². The predicted molar refractivity (Wildman–Crippen MR) is 126 cm³/mol. The quantitative estimate of drug-likeness (QED) is 0.357. The highest BCUT2D eigenvalue weighted by Gasteiger charge is 2.15. The van der Waals surface area contributed by atoms with Crippen LogP contribution in [0.5, 0.6) is 5.75 Å². The van der Waals surface area contributed by atoms with Crippen LogP contribution in [0.1, 0.15) is 0 Å². The van der Waals surface area contributed by atoms with Gasteiger partial charge in [-0.05, 0) is 48.0 Å². The van der Waals surface area contributed by atoms with E-state index in [0.717, 1.165) is 55.6 Å². The molecular formula is C26H18FN5O. The van der Waals surface area contributed by atoms with Crippen molar-refractivity contribution in [3.8, 4) is 39.5 Å². The minimum atomic E-state index is -0.292. The van der Waals surface area contributed by atoms with Crippen LogP contribution in [0.15, 0.2) is 79.3 Å². The van der Waals surface area contributed by atoms with Gasteiger partial charge in [-0.2, -0.15) is 5.10 Å². The van der Waals surface area contributed by atoms with Crippen molar-refractivity contribution >= 4 is 21.8 Å². The maximum absolute atomic E-state index is 13.8. The Bertz CT molecular complexity index is 1640. The Morgan fingerprint density at radius 1 is 0.818 bits per heavy atom. The third-order valence-electron chi connectivity index (χ3n) is 5.75. The fraction of sp³-hybridized carbons (Fsp3) is 0.0385. The number of pyridine rings is 2. The molecule has 2 aromatic carbocycles. The van der Waals surface area contributed by atoms with Crippen LogP contribution < -0.4 is 4.74 Å². The van der Waals surface area contributed by atoms with Crippen LogP contribution in [0.4, 0.5) is 4.39 Å². The molecular weight excluding hydrogens is 417 g/mol. The molecule has 160 valence electrons. The largest absolute Gasteiger partial charge is 0.495 e. The van der Waals surface area contributed by atoms with Crippen LogP contribution in [0, 0.1) is 5.82 Å². The van der Waals surface area contributed by atoms with Crippen LogP contribution in [0.25, 0.3) is 55.6 Å². The SMILES string of the molecule is COc1cncc(-c2ccc3[nH]nc(-c4cc5c(-c6cccc(F)c6)nccc5[nH]4)c3c2)c1. The van der Waals surface area contributed by atoms with Crippen LogP contribution in [0.2, 0.25) is 0 Å². The lowest BCUT2D eigenvalue weighted by Gasteiger charge is -2.04. The van der Waals surface area contributed by atoms with Crippen molar-refractivity contribution in [1.82, 2.24) is 25.1 Å². The molecule has 4 aromatic heterocycles. The Morgan fingerprint density at radius 3 is 2.61 bits per heavy atom. The second-order valence-corrected chi connectivity index (χ2v) is 7.76. The van der Waals surface area contributed by atoms with E-state index in [-0.39, 0.29) is 5.82 Å². The summed E-state index contributed by atoms with van der Waals surface area (Å²) in [6.45, 7) is 0. The van der Waals surface area contributed by atoms with E-state index < -0.39 is 0 Å². The monoisotopic (exact) mass is 435 g/mol. The fourth-order valence-electron chi connectivity index (χ4n) is 4.13. The topological polar surface area (TPSA) is 79.5 Å². The van der Waals surface area contributed by atoms with E-state index in [1.807, 2.05) is 42.6 Å². The molecule has 0 atom stereocenters. The summed E-state index contributed by atoms with van der Waals surface area (Å²) >= 11 is 0. The summed E-state index contributed by atoms with van der Waals surface area (Å²) < 4.78 is 19.1. The molecule has 0 saturated carbocycles. The number of nitrogens with zero attached hydrogens (tertiary/aromatic N) is 3. The molecule has 0 amide bonds. The zero-order valence-corrected chi connectivity index (χ0v) is 17.6. The highest BCUT2D eigenvalue weighted by Crippen LogP contribution is 2.34. The number of rotatable bonds is 4. The number of H-pyrrole nitrogens is 2. The number of nitrogens with one attached hydrogen (secondary N) is 2. The standard InChI is InChI=1S/C26H18FN5O/c1-33-19-10-17(13-28-14-19)15-5-6-23-20(11-15)26(32-31-23)24-12-21-22(30-24)7-8-29-25(21)16-3-2-4-18(27)9-16/h2-14,30H,1H3,(H,31,32). The average Bonchev–Trinajstić information content (AvgIpc) is 3.47. The van der Waals surface area contributed by atoms with Gasteiger partial charge in [-0.1, -0.05) is 18.2 Å². The maximum atomic E-state index is 13.8. The Kier molecular flexibility index (Phi) is 4.40. The van der Waals surface area contributed by atoms with Crippen molar-refractivity contribution in [3.05, 3.63) is 85.1 Å². The van der Waals surface area contributed by atoms with E-state index in [4.69, 9.17) is 4.74 Å². The summed E-state index contributed by atoms with van der Waals surface area (Å²) in [5, 5.41) is 9.56. The van der Waals surface area contributed by atoms with E-state index >= 15 is 0 Å². The smallest absolute Gasteiger partial charge is 0.137 e. The maximum Gasteiger partial charge on any atom is 0.137 e. The fourth-order valence-corrected chi connectivity index (χ4v) is 4.13. The molecule has 0 bridgehead atoms. The van der Waals surface area contributed by atoms with Gasteiger partial charge in [-0.15, -0.1) is 0 Å².